The molecule has 0 aromatic heterocycles. The summed E-state index contributed by atoms with van der Waals surface area (Å²) in [4.78, 5) is 2.07. The molecule has 3 N–H and O–H groups in total. The minimum absolute atomic E-state index is 0.143. The van der Waals surface area contributed by atoms with E-state index >= 15 is 0 Å². The Morgan fingerprint density at radius 1 is 1.04 bits per heavy atom. The largest absolute Gasteiger partial charge is 0.508 e. The molecule has 24 heavy (non-hydrogen) atoms. The molecule has 4 nitrogen and oxygen atoms in total. The Labute approximate surface area is 139 Å². The number of phenols is 2. The summed E-state index contributed by atoms with van der Waals surface area (Å²) in [5.41, 5.74) is 0.780. The molecule has 0 unspecified atom stereocenters. The van der Waals surface area contributed by atoms with Crippen molar-refractivity contribution in [3.05, 3.63) is 59.2 Å². The molecule has 0 radical (unpaired) electrons. The lowest BCUT2D eigenvalue weighted by atomic mass is 9.89. The molecule has 1 saturated heterocycles. The van der Waals surface area contributed by atoms with Gasteiger partial charge in [-0.25, -0.2) is 8.78 Å². The number of nitrogens with one attached hydrogen (secondary N) is 1. The molecule has 1 aliphatic heterocycles. The van der Waals surface area contributed by atoms with Gasteiger partial charge >= 0.3 is 0 Å². The molecule has 128 valence electrons. The maximum absolute atomic E-state index is 14.5. The molecule has 0 spiro atoms. The second kappa shape index (κ2) is 6.75. The van der Waals surface area contributed by atoms with Crippen molar-refractivity contribution in [1.82, 2.24) is 10.2 Å². The molecule has 2 aromatic carbocycles. The highest BCUT2D eigenvalue weighted by Crippen LogP contribution is 2.39. The first-order valence-electron chi connectivity index (χ1n) is 7.95. The van der Waals surface area contributed by atoms with Gasteiger partial charge in [-0.2, -0.15) is 0 Å². The van der Waals surface area contributed by atoms with Crippen LogP contribution in [0.1, 0.15) is 30.1 Å². The van der Waals surface area contributed by atoms with Crippen LogP contribution >= 0.6 is 0 Å². The summed E-state index contributed by atoms with van der Waals surface area (Å²) < 4.78 is 28.8. The fourth-order valence-corrected chi connectivity index (χ4v) is 3.36. The van der Waals surface area contributed by atoms with Crippen LogP contribution in [0.15, 0.2) is 36.4 Å². The molecule has 3 rings (SSSR count). The average molecular weight is 334 g/mol. The van der Waals surface area contributed by atoms with Crippen molar-refractivity contribution in [3.8, 4) is 11.5 Å². The molecule has 1 aliphatic rings. The van der Waals surface area contributed by atoms with Crippen LogP contribution in [0, 0.1) is 11.6 Å². The number of phenolic OH excluding ortho intramolecular Hbond substituents is 2. The topological polar surface area (TPSA) is 55.7 Å². The smallest absolute Gasteiger partial charge is 0.131 e. The van der Waals surface area contributed by atoms with Crippen molar-refractivity contribution in [3.63, 3.8) is 0 Å². The summed E-state index contributed by atoms with van der Waals surface area (Å²) in [5, 5.41) is 22.2. The monoisotopic (exact) mass is 334 g/mol. The van der Waals surface area contributed by atoms with E-state index in [1.54, 1.807) is 0 Å². The highest BCUT2D eigenvalue weighted by atomic mass is 19.1. The first-order valence-corrected chi connectivity index (χ1v) is 7.95. The Hall–Kier alpha value is -2.18. The van der Waals surface area contributed by atoms with E-state index in [-0.39, 0.29) is 11.5 Å². The van der Waals surface area contributed by atoms with E-state index in [1.165, 1.54) is 24.3 Å². The van der Waals surface area contributed by atoms with E-state index in [9.17, 15) is 19.0 Å². The fraction of sp³-hybridized carbons (Fsp3) is 0.333. The minimum atomic E-state index is -0.533. The Balaban J connectivity index is 2.08. The molecule has 2 atom stereocenters. The van der Waals surface area contributed by atoms with Gasteiger partial charge in [-0.1, -0.05) is 19.1 Å². The van der Waals surface area contributed by atoms with Crippen molar-refractivity contribution in [1.29, 1.82) is 0 Å². The highest BCUT2D eigenvalue weighted by molar-refractivity contribution is 5.36. The normalized spacial score (nSPS) is 21.8. The molecule has 0 amide bonds. The maximum atomic E-state index is 14.5. The number of halogens is 2. The summed E-state index contributed by atoms with van der Waals surface area (Å²) in [6.45, 7) is 4.01. The molecule has 6 heteroatoms. The van der Waals surface area contributed by atoms with E-state index in [2.05, 4.69) is 10.2 Å². The fourth-order valence-electron chi connectivity index (χ4n) is 3.36. The predicted molar refractivity (Wildman–Crippen MR) is 86.9 cm³/mol. The van der Waals surface area contributed by atoms with Gasteiger partial charge < -0.3 is 15.5 Å². The molecular weight excluding hydrogens is 314 g/mol. The number of aromatic hydroxyl groups is 2. The van der Waals surface area contributed by atoms with E-state index in [0.717, 1.165) is 12.1 Å². The third-order valence-corrected chi connectivity index (χ3v) is 4.50. The maximum Gasteiger partial charge on any atom is 0.131 e. The number of benzene rings is 2. The number of hydrogen-bond donors (Lipinski definition) is 3. The van der Waals surface area contributed by atoms with Crippen LogP contribution in [-0.2, 0) is 0 Å². The molecule has 0 aliphatic carbocycles. The van der Waals surface area contributed by atoms with Crippen molar-refractivity contribution in [2.75, 3.05) is 19.6 Å². The lowest BCUT2D eigenvalue weighted by Crippen LogP contribution is -2.48. The van der Waals surface area contributed by atoms with Gasteiger partial charge in [-0.15, -0.1) is 0 Å². The highest BCUT2D eigenvalue weighted by Gasteiger charge is 2.35. The van der Waals surface area contributed by atoms with Crippen LogP contribution in [0.25, 0.3) is 0 Å². The summed E-state index contributed by atoms with van der Waals surface area (Å²) in [6.07, 6.45) is 0. The van der Waals surface area contributed by atoms with Crippen LogP contribution in [0.4, 0.5) is 8.78 Å². The standard InChI is InChI=1S/C18H20F2N2O2/c1-2-22-8-7-21-17(13-5-3-11(23)9-15(13)19)18(22)14-6-4-12(24)10-16(14)20/h3-6,9-10,17-18,21,23-24H,2,7-8H2,1H3/t17-,18+/m1/s1. The van der Waals surface area contributed by atoms with Gasteiger partial charge in [-0.05, 0) is 18.7 Å². The molecule has 1 heterocycles. The number of piperazine rings is 1. The second-order valence-corrected chi connectivity index (χ2v) is 5.92. The lowest BCUT2D eigenvalue weighted by molar-refractivity contribution is 0.121. The van der Waals surface area contributed by atoms with Crippen molar-refractivity contribution in [2.24, 2.45) is 0 Å². The van der Waals surface area contributed by atoms with Crippen LogP contribution in [0.5, 0.6) is 11.5 Å². The van der Waals surface area contributed by atoms with Crippen LogP contribution in [0.2, 0.25) is 0 Å². The summed E-state index contributed by atoms with van der Waals surface area (Å²) in [6, 6.07) is 7.18. The minimum Gasteiger partial charge on any atom is -0.508 e. The van der Waals surface area contributed by atoms with E-state index in [0.29, 0.717) is 30.8 Å². The van der Waals surface area contributed by atoms with Crippen molar-refractivity contribution < 1.29 is 19.0 Å². The van der Waals surface area contributed by atoms with Gasteiger partial charge in [0.1, 0.15) is 23.1 Å². The van der Waals surface area contributed by atoms with E-state index < -0.39 is 23.7 Å². The van der Waals surface area contributed by atoms with Gasteiger partial charge in [0, 0.05) is 36.3 Å². The third-order valence-electron chi connectivity index (χ3n) is 4.50. The average Bonchev–Trinajstić information content (AvgIpc) is 2.54. The number of nitrogens with zero attached hydrogens (tertiary/aromatic N) is 1. The summed E-state index contributed by atoms with van der Waals surface area (Å²) in [5.74, 6) is -1.34. The second-order valence-electron chi connectivity index (χ2n) is 5.92. The van der Waals surface area contributed by atoms with E-state index in [4.69, 9.17) is 0 Å². The molecule has 0 saturated carbocycles. The number of likely N-dealkylation sites (N-methyl/N-ethyl adjacent to an activating group) is 1. The number of hydrogen-bond acceptors (Lipinski definition) is 4. The summed E-state index contributed by atoms with van der Waals surface area (Å²) >= 11 is 0. The van der Waals surface area contributed by atoms with Gasteiger partial charge in [0.15, 0.2) is 0 Å². The third kappa shape index (κ3) is 3.07. The van der Waals surface area contributed by atoms with Gasteiger partial charge in [-0.3, -0.25) is 4.90 Å². The quantitative estimate of drug-likeness (QED) is 0.807. The molecule has 1 fully saturated rings. The van der Waals surface area contributed by atoms with Gasteiger partial charge in [0.2, 0.25) is 0 Å². The van der Waals surface area contributed by atoms with Gasteiger partial charge in [0.05, 0.1) is 12.1 Å². The lowest BCUT2D eigenvalue weighted by Gasteiger charge is -2.42. The zero-order chi connectivity index (χ0) is 17.3. The molecule has 2 aromatic rings. The molecular formula is C18H20F2N2O2. The predicted octanol–water partition coefficient (Wildman–Crippen LogP) is 3.08. The van der Waals surface area contributed by atoms with Crippen molar-refractivity contribution in [2.45, 2.75) is 19.0 Å². The first kappa shape index (κ1) is 16.7. The zero-order valence-corrected chi connectivity index (χ0v) is 13.3. The Kier molecular flexibility index (Phi) is 4.69. The Bertz CT molecular complexity index is 739. The first-order chi connectivity index (χ1) is 11.5. The Morgan fingerprint density at radius 2 is 1.62 bits per heavy atom. The van der Waals surface area contributed by atoms with Crippen LogP contribution in [0.3, 0.4) is 0 Å². The number of rotatable bonds is 3. The SMILES string of the molecule is CCN1CCN[C@H](c2ccc(O)cc2F)[C@@H]1c1ccc(O)cc1F. The van der Waals surface area contributed by atoms with E-state index in [1.807, 2.05) is 6.92 Å². The van der Waals surface area contributed by atoms with Crippen LogP contribution in [-0.4, -0.2) is 34.7 Å². The zero-order valence-electron chi connectivity index (χ0n) is 13.3. The Morgan fingerprint density at radius 3 is 2.17 bits per heavy atom. The van der Waals surface area contributed by atoms with Crippen LogP contribution < -0.4 is 5.32 Å². The van der Waals surface area contributed by atoms with Crippen molar-refractivity contribution >= 4 is 0 Å². The molecule has 0 bridgehead atoms. The summed E-state index contributed by atoms with van der Waals surface area (Å²) in [7, 11) is 0. The van der Waals surface area contributed by atoms with Gasteiger partial charge in [0.25, 0.3) is 0 Å².